The van der Waals surface area contributed by atoms with Crippen LogP contribution >= 0.6 is 0 Å². The lowest BCUT2D eigenvalue weighted by atomic mass is 10.3. The zero-order chi connectivity index (χ0) is 9.42. The summed E-state index contributed by atoms with van der Waals surface area (Å²) in [4.78, 5) is 15.2. The summed E-state index contributed by atoms with van der Waals surface area (Å²) in [6.45, 7) is 3.51. The van der Waals surface area contributed by atoms with Crippen molar-refractivity contribution in [3.05, 3.63) is 35.8 Å². The predicted molar refractivity (Wildman–Crippen MR) is 49.9 cm³/mol. The number of ketones is 1. The van der Waals surface area contributed by atoms with E-state index < -0.39 is 0 Å². The molecule has 3 heteroatoms. The van der Waals surface area contributed by atoms with Crippen molar-refractivity contribution in [3.8, 4) is 0 Å². The molecule has 0 fully saturated rings. The monoisotopic (exact) mass is 174 g/mol. The molecule has 2 heterocycles. The van der Waals surface area contributed by atoms with Crippen molar-refractivity contribution in [1.29, 1.82) is 0 Å². The maximum atomic E-state index is 11.1. The van der Waals surface area contributed by atoms with Gasteiger partial charge in [0.2, 0.25) is 0 Å². The van der Waals surface area contributed by atoms with Gasteiger partial charge in [-0.05, 0) is 19.1 Å². The predicted octanol–water partition coefficient (Wildman–Crippen LogP) is 1.85. The van der Waals surface area contributed by atoms with Crippen LogP contribution in [-0.2, 0) is 0 Å². The van der Waals surface area contributed by atoms with Gasteiger partial charge in [-0.2, -0.15) is 0 Å². The van der Waals surface area contributed by atoms with Crippen LogP contribution < -0.4 is 0 Å². The minimum absolute atomic E-state index is 0.00287. The van der Waals surface area contributed by atoms with Crippen molar-refractivity contribution in [2.24, 2.45) is 0 Å². The second kappa shape index (κ2) is 2.69. The Hall–Kier alpha value is -1.64. The van der Waals surface area contributed by atoms with Crippen LogP contribution in [0.3, 0.4) is 0 Å². The van der Waals surface area contributed by atoms with Gasteiger partial charge in [0.05, 0.1) is 0 Å². The van der Waals surface area contributed by atoms with Crippen molar-refractivity contribution in [3.63, 3.8) is 0 Å². The minimum atomic E-state index is 0.00287. The van der Waals surface area contributed by atoms with Crippen LogP contribution in [0, 0.1) is 6.92 Å². The maximum absolute atomic E-state index is 11.1. The van der Waals surface area contributed by atoms with Gasteiger partial charge >= 0.3 is 0 Å². The van der Waals surface area contributed by atoms with E-state index in [1.807, 2.05) is 29.5 Å². The van der Waals surface area contributed by atoms with Crippen LogP contribution in [0.25, 0.3) is 5.65 Å². The van der Waals surface area contributed by atoms with Crippen LogP contribution in [0.2, 0.25) is 0 Å². The number of hydrogen-bond acceptors (Lipinski definition) is 2. The first-order valence-electron chi connectivity index (χ1n) is 4.14. The van der Waals surface area contributed by atoms with Crippen LogP contribution in [0.15, 0.2) is 24.4 Å². The molecule has 0 unspecified atom stereocenters. The van der Waals surface area contributed by atoms with Crippen molar-refractivity contribution in [2.75, 3.05) is 0 Å². The summed E-state index contributed by atoms with van der Waals surface area (Å²) in [5.41, 5.74) is 2.43. The van der Waals surface area contributed by atoms with Crippen molar-refractivity contribution < 1.29 is 4.79 Å². The lowest BCUT2D eigenvalue weighted by Crippen LogP contribution is -1.90. The van der Waals surface area contributed by atoms with E-state index in [-0.39, 0.29) is 5.78 Å². The average molecular weight is 174 g/mol. The van der Waals surface area contributed by atoms with Gasteiger partial charge < -0.3 is 4.40 Å². The molecule has 0 aliphatic rings. The van der Waals surface area contributed by atoms with E-state index in [0.29, 0.717) is 5.69 Å². The Kier molecular flexibility index (Phi) is 1.65. The molecule has 2 aromatic rings. The zero-order valence-corrected chi connectivity index (χ0v) is 7.61. The smallest absolute Gasteiger partial charge is 0.179 e. The normalized spacial score (nSPS) is 10.6. The molecule has 0 radical (unpaired) electrons. The fraction of sp³-hybridized carbons (Fsp3) is 0.200. The highest BCUT2D eigenvalue weighted by atomic mass is 16.1. The summed E-state index contributed by atoms with van der Waals surface area (Å²) >= 11 is 0. The standard InChI is InChI=1S/C10H10N2O/c1-7-4-3-5-10-11-9(8(2)13)6-12(7)10/h3-6H,1-2H3. The molecule has 0 aliphatic heterocycles. The highest BCUT2D eigenvalue weighted by molar-refractivity contribution is 5.92. The van der Waals surface area contributed by atoms with Gasteiger partial charge in [-0.1, -0.05) is 6.07 Å². The van der Waals surface area contributed by atoms with Crippen molar-refractivity contribution >= 4 is 11.4 Å². The van der Waals surface area contributed by atoms with E-state index in [0.717, 1.165) is 11.3 Å². The van der Waals surface area contributed by atoms with Crippen molar-refractivity contribution in [1.82, 2.24) is 9.38 Å². The van der Waals surface area contributed by atoms with Gasteiger partial charge in [0.1, 0.15) is 11.3 Å². The molecule has 13 heavy (non-hydrogen) atoms. The highest BCUT2D eigenvalue weighted by Crippen LogP contribution is 2.08. The summed E-state index contributed by atoms with van der Waals surface area (Å²) in [7, 11) is 0. The number of aryl methyl sites for hydroxylation is 1. The number of hydrogen-bond donors (Lipinski definition) is 0. The third-order valence-electron chi connectivity index (χ3n) is 2.06. The largest absolute Gasteiger partial charge is 0.304 e. The average Bonchev–Trinajstić information content (AvgIpc) is 2.49. The summed E-state index contributed by atoms with van der Waals surface area (Å²) < 4.78 is 1.91. The molecule has 2 aromatic heterocycles. The van der Waals surface area contributed by atoms with Crippen LogP contribution in [0.5, 0.6) is 0 Å². The van der Waals surface area contributed by atoms with Crippen LogP contribution in [0.4, 0.5) is 0 Å². The summed E-state index contributed by atoms with van der Waals surface area (Å²) in [6, 6.07) is 5.81. The number of Topliss-reactive ketones (excluding diaryl/α,β-unsaturated/α-hetero) is 1. The molecule has 3 nitrogen and oxygen atoms in total. The van der Waals surface area contributed by atoms with E-state index in [9.17, 15) is 4.79 Å². The van der Waals surface area contributed by atoms with Crippen molar-refractivity contribution in [2.45, 2.75) is 13.8 Å². The Bertz CT molecular complexity index is 471. The topological polar surface area (TPSA) is 34.4 Å². The quantitative estimate of drug-likeness (QED) is 0.618. The number of aromatic nitrogens is 2. The Balaban J connectivity index is 2.75. The summed E-state index contributed by atoms with van der Waals surface area (Å²) in [6.07, 6.45) is 1.77. The molecule has 66 valence electrons. The van der Waals surface area contributed by atoms with E-state index >= 15 is 0 Å². The molecule has 2 rings (SSSR count). The number of nitrogens with zero attached hydrogens (tertiary/aromatic N) is 2. The van der Waals surface area contributed by atoms with Crippen LogP contribution in [0.1, 0.15) is 23.1 Å². The van der Waals surface area contributed by atoms with Crippen LogP contribution in [-0.4, -0.2) is 15.2 Å². The number of carbonyl (C=O) groups excluding carboxylic acids is 1. The number of pyridine rings is 1. The van der Waals surface area contributed by atoms with Gasteiger partial charge in [0.25, 0.3) is 0 Å². The fourth-order valence-corrected chi connectivity index (χ4v) is 1.32. The molecule has 0 saturated carbocycles. The zero-order valence-electron chi connectivity index (χ0n) is 7.61. The molecule has 0 aliphatic carbocycles. The molecule has 0 bridgehead atoms. The molecule has 0 saturated heterocycles. The Morgan fingerprint density at radius 3 is 2.85 bits per heavy atom. The first-order chi connectivity index (χ1) is 6.18. The fourth-order valence-electron chi connectivity index (χ4n) is 1.32. The van der Waals surface area contributed by atoms with E-state index in [4.69, 9.17) is 0 Å². The lowest BCUT2D eigenvalue weighted by molar-refractivity contribution is 0.101. The first-order valence-corrected chi connectivity index (χ1v) is 4.14. The highest BCUT2D eigenvalue weighted by Gasteiger charge is 2.05. The third kappa shape index (κ3) is 1.22. The summed E-state index contributed by atoms with van der Waals surface area (Å²) in [5, 5.41) is 0. The Morgan fingerprint density at radius 2 is 2.23 bits per heavy atom. The number of rotatable bonds is 1. The van der Waals surface area contributed by atoms with E-state index in [2.05, 4.69) is 4.98 Å². The molecule has 0 amide bonds. The van der Waals surface area contributed by atoms with E-state index in [1.165, 1.54) is 6.92 Å². The van der Waals surface area contributed by atoms with Gasteiger partial charge in [-0.15, -0.1) is 0 Å². The summed E-state index contributed by atoms with van der Waals surface area (Å²) in [5.74, 6) is 0.00287. The molecular formula is C10H10N2O. The number of fused-ring (bicyclic) bond motifs is 1. The second-order valence-electron chi connectivity index (χ2n) is 3.08. The van der Waals surface area contributed by atoms with Gasteiger partial charge in [0.15, 0.2) is 5.78 Å². The second-order valence-corrected chi connectivity index (χ2v) is 3.08. The molecule has 0 aromatic carbocycles. The molecular weight excluding hydrogens is 164 g/mol. The van der Waals surface area contributed by atoms with E-state index in [1.54, 1.807) is 6.20 Å². The SMILES string of the molecule is CC(=O)c1cn2c(C)cccc2n1. The Morgan fingerprint density at radius 1 is 1.46 bits per heavy atom. The molecule has 0 N–H and O–H groups in total. The Labute approximate surface area is 76.0 Å². The number of carbonyl (C=O) groups is 1. The lowest BCUT2D eigenvalue weighted by Gasteiger charge is -1.95. The third-order valence-corrected chi connectivity index (χ3v) is 2.06. The molecule has 0 atom stereocenters. The maximum Gasteiger partial charge on any atom is 0.179 e. The first kappa shape index (κ1) is 7.98. The van der Waals surface area contributed by atoms with Gasteiger partial charge in [-0.3, -0.25) is 4.79 Å². The number of imidazole rings is 1. The molecule has 0 spiro atoms. The van der Waals surface area contributed by atoms with Gasteiger partial charge in [0, 0.05) is 18.8 Å². The van der Waals surface area contributed by atoms with Gasteiger partial charge in [-0.25, -0.2) is 4.98 Å². The minimum Gasteiger partial charge on any atom is -0.304 e.